The summed E-state index contributed by atoms with van der Waals surface area (Å²) >= 11 is 0. The molecule has 2 amide bonds. The maximum atomic E-state index is 13.3. The lowest BCUT2D eigenvalue weighted by atomic mass is 9.96. The molecule has 4 rings (SSSR count). The predicted molar refractivity (Wildman–Crippen MR) is 129 cm³/mol. The summed E-state index contributed by atoms with van der Waals surface area (Å²) in [4.78, 5) is 33.5. The van der Waals surface area contributed by atoms with Gasteiger partial charge in [-0.1, -0.05) is 6.07 Å². The van der Waals surface area contributed by atoms with Crippen molar-refractivity contribution in [3.8, 4) is 5.75 Å². The molecule has 8 nitrogen and oxygen atoms in total. The number of nitrogens with zero attached hydrogens (tertiary/aromatic N) is 3. The number of anilines is 2. The lowest BCUT2D eigenvalue weighted by Crippen LogP contribution is -2.52. The predicted octanol–water partition coefficient (Wildman–Crippen LogP) is 3.25. The van der Waals surface area contributed by atoms with Crippen molar-refractivity contribution in [2.45, 2.75) is 58.5 Å². The third-order valence-electron chi connectivity index (χ3n) is 6.36. The minimum absolute atomic E-state index is 0.0612. The third-order valence-corrected chi connectivity index (χ3v) is 6.36. The van der Waals surface area contributed by atoms with Gasteiger partial charge in [-0.05, 0) is 63.4 Å². The fraction of sp³-hybridized carbons (Fsp3) is 0.480. The molecule has 2 aromatic rings. The van der Waals surface area contributed by atoms with E-state index in [0.29, 0.717) is 41.9 Å². The van der Waals surface area contributed by atoms with E-state index in [1.54, 1.807) is 22.8 Å². The van der Waals surface area contributed by atoms with Crippen LogP contribution in [0.25, 0.3) is 0 Å². The number of pyridine rings is 1. The first-order chi connectivity index (χ1) is 15.8. The molecule has 2 heterocycles. The van der Waals surface area contributed by atoms with E-state index in [1.165, 1.54) is 12.8 Å². The molecule has 0 saturated heterocycles. The van der Waals surface area contributed by atoms with Crippen molar-refractivity contribution >= 4 is 23.4 Å². The van der Waals surface area contributed by atoms with E-state index in [0.717, 1.165) is 17.8 Å². The van der Waals surface area contributed by atoms with E-state index >= 15 is 0 Å². The molecule has 0 bridgehead atoms. The molecule has 0 spiro atoms. The van der Waals surface area contributed by atoms with Gasteiger partial charge in [0.2, 0.25) is 5.91 Å². The Morgan fingerprint density at radius 1 is 1.21 bits per heavy atom. The number of hydrogen-bond acceptors (Lipinski definition) is 6. The molecule has 176 valence electrons. The van der Waals surface area contributed by atoms with Crippen LogP contribution in [0.15, 0.2) is 30.3 Å². The number of ether oxygens (including phenoxy) is 1. The van der Waals surface area contributed by atoms with Crippen LogP contribution in [0.5, 0.6) is 5.75 Å². The Kier molecular flexibility index (Phi) is 6.67. The number of amides is 2. The monoisotopic (exact) mass is 451 g/mol. The smallest absolute Gasteiger partial charge is 0.408 e. The van der Waals surface area contributed by atoms with Crippen molar-refractivity contribution in [2.24, 2.45) is 5.73 Å². The van der Waals surface area contributed by atoms with E-state index in [-0.39, 0.29) is 17.9 Å². The summed E-state index contributed by atoms with van der Waals surface area (Å²) in [5, 5.41) is 3.54. The number of aryl methyl sites for hydroxylation is 2. The summed E-state index contributed by atoms with van der Waals surface area (Å²) in [6, 6.07) is 9.88. The van der Waals surface area contributed by atoms with Crippen molar-refractivity contribution in [3.63, 3.8) is 0 Å². The van der Waals surface area contributed by atoms with E-state index < -0.39 is 6.09 Å². The van der Waals surface area contributed by atoms with Crippen LogP contribution in [0.3, 0.4) is 0 Å². The van der Waals surface area contributed by atoms with Crippen molar-refractivity contribution in [1.29, 1.82) is 0 Å². The molecule has 1 aromatic carbocycles. The highest BCUT2D eigenvalue weighted by atomic mass is 16.6. The lowest BCUT2D eigenvalue weighted by molar-refractivity contribution is -0.117. The molecule has 2 atom stereocenters. The first-order valence-corrected chi connectivity index (χ1v) is 11.6. The van der Waals surface area contributed by atoms with Crippen LogP contribution in [-0.4, -0.2) is 48.7 Å². The highest BCUT2D eigenvalue weighted by Gasteiger charge is 2.35. The molecule has 1 saturated carbocycles. The van der Waals surface area contributed by atoms with Gasteiger partial charge in [0.1, 0.15) is 0 Å². The molecule has 1 unspecified atom stereocenters. The van der Waals surface area contributed by atoms with Crippen LogP contribution in [-0.2, 0) is 4.79 Å². The molecule has 8 heteroatoms. The minimum Gasteiger partial charge on any atom is -0.408 e. The zero-order chi connectivity index (χ0) is 23.7. The lowest BCUT2D eigenvalue weighted by Gasteiger charge is -2.40. The molecule has 1 aromatic heterocycles. The maximum absolute atomic E-state index is 13.3. The van der Waals surface area contributed by atoms with Gasteiger partial charge in [-0.25, -0.2) is 4.79 Å². The van der Waals surface area contributed by atoms with Crippen LogP contribution in [0, 0.1) is 13.8 Å². The van der Waals surface area contributed by atoms with Gasteiger partial charge in [-0.15, -0.1) is 0 Å². The maximum Gasteiger partial charge on any atom is 0.419 e. The number of aromatic nitrogens is 1. The zero-order valence-electron chi connectivity index (χ0n) is 19.8. The molecular weight excluding hydrogens is 418 g/mol. The Morgan fingerprint density at radius 3 is 2.61 bits per heavy atom. The van der Waals surface area contributed by atoms with Crippen LogP contribution in [0.4, 0.5) is 16.2 Å². The van der Waals surface area contributed by atoms with Gasteiger partial charge in [-0.3, -0.25) is 14.7 Å². The van der Waals surface area contributed by atoms with E-state index in [2.05, 4.69) is 10.3 Å². The van der Waals surface area contributed by atoms with Crippen LogP contribution < -0.4 is 25.6 Å². The van der Waals surface area contributed by atoms with Crippen molar-refractivity contribution < 1.29 is 14.3 Å². The molecule has 2 aliphatic rings. The largest absolute Gasteiger partial charge is 0.419 e. The average molecular weight is 452 g/mol. The van der Waals surface area contributed by atoms with Crippen molar-refractivity contribution in [3.05, 3.63) is 47.3 Å². The van der Waals surface area contributed by atoms with Crippen LogP contribution in [0.2, 0.25) is 0 Å². The van der Waals surface area contributed by atoms with Gasteiger partial charge < -0.3 is 20.7 Å². The summed E-state index contributed by atoms with van der Waals surface area (Å²) in [6.45, 7) is 8.79. The van der Waals surface area contributed by atoms with Crippen LogP contribution >= 0.6 is 0 Å². The standard InChI is InChI=1S/C25H33N5O3/c1-15-5-10-24(17(3)28-15)33-25(32)29-14-16(2)30(18(4)31)22-9-6-19(11-23(22)29)20(12-26)13-27-21-7-8-21/h5-6,9-11,16,20-21,27H,7-8,12-14,26H2,1-4H3/t16-,20?/m0/s1. The molecule has 1 aliphatic heterocycles. The fourth-order valence-corrected chi connectivity index (χ4v) is 4.41. The number of carbonyl (C=O) groups is 2. The highest BCUT2D eigenvalue weighted by Crippen LogP contribution is 2.38. The molecule has 33 heavy (non-hydrogen) atoms. The van der Waals surface area contributed by atoms with Gasteiger partial charge in [0.15, 0.2) is 5.75 Å². The summed E-state index contributed by atoms with van der Waals surface area (Å²) in [6.07, 6.45) is 1.93. The Morgan fingerprint density at radius 2 is 1.97 bits per heavy atom. The number of benzene rings is 1. The second kappa shape index (κ2) is 9.49. The fourth-order valence-electron chi connectivity index (χ4n) is 4.41. The molecule has 1 fully saturated rings. The van der Waals surface area contributed by atoms with Gasteiger partial charge in [0, 0.05) is 44.2 Å². The molecule has 3 N–H and O–H groups in total. The average Bonchev–Trinajstić information content (AvgIpc) is 3.59. The molecule has 0 radical (unpaired) electrons. The van der Waals surface area contributed by atoms with Crippen molar-refractivity contribution in [1.82, 2.24) is 10.3 Å². The number of hydrogen-bond donors (Lipinski definition) is 2. The number of fused-ring (bicyclic) bond motifs is 1. The van der Waals surface area contributed by atoms with Crippen LogP contribution in [0.1, 0.15) is 49.6 Å². The summed E-state index contributed by atoms with van der Waals surface area (Å²) in [7, 11) is 0. The normalized spacial score (nSPS) is 18.6. The van der Waals surface area contributed by atoms with Gasteiger partial charge in [-0.2, -0.15) is 0 Å². The van der Waals surface area contributed by atoms with E-state index in [9.17, 15) is 9.59 Å². The summed E-state index contributed by atoms with van der Waals surface area (Å²) in [5.41, 5.74) is 10.0. The van der Waals surface area contributed by atoms with Gasteiger partial charge in [0.25, 0.3) is 0 Å². The number of carbonyl (C=O) groups excluding carboxylic acids is 2. The quantitative estimate of drug-likeness (QED) is 0.699. The Bertz CT molecular complexity index is 1050. The molecule has 1 aliphatic carbocycles. The van der Waals surface area contributed by atoms with E-state index in [4.69, 9.17) is 10.5 Å². The minimum atomic E-state index is -0.488. The molecular formula is C25H33N5O3. The topological polar surface area (TPSA) is 101 Å². The summed E-state index contributed by atoms with van der Waals surface area (Å²) in [5.74, 6) is 0.481. The third kappa shape index (κ3) is 5.02. The number of nitrogens with two attached hydrogens (primary N) is 1. The Hall–Kier alpha value is -2.97. The SMILES string of the molecule is CC(=O)N1c2ccc(C(CN)CNC3CC3)cc2N(C(=O)Oc2ccc(C)nc2C)C[C@@H]1C. The Balaban J connectivity index is 1.67. The second-order valence-corrected chi connectivity index (χ2v) is 9.12. The first-order valence-electron chi connectivity index (χ1n) is 11.6. The highest BCUT2D eigenvalue weighted by molar-refractivity contribution is 6.02. The number of nitrogens with one attached hydrogen (secondary N) is 1. The van der Waals surface area contributed by atoms with Gasteiger partial charge in [0.05, 0.1) is 23.1 Å². The number of rotatable bonds is 6. The first kappa shape index (κ1) is 23.2. The van der Waals surface area contributed by atoms with E-state index in [1.807, 2.05) is 45.0 Å². The van der Waals surface area contributed by atoms with Crippen molar-refractivity contribution in [2.75, 3.05) is 29.4 Å². The summed E-state index contributed by atoms with van der Waals surface area (Å²) < 4.78 is 5.74. The second-order valence-electron chi connectivity index (χ2n) is 9.12. The van der Waals surface area contributed by atoms with Gasteiger partial charge >= 0.3 is 6.09 Å². The Labute approximate surface area is 195 Å². The zero-order valence-corrected chi connectivity index (χ0v) is 19.8.